The van der Waals surface area contributed by atoms with Gasteiger partial charge in [-0.15, -0.1) is 0 Å². The van der Waals surface area contributed by atoms with Gasteiger partial charge in [-0.3, -0.25) is 4.90 Å². The zero-order valence-corrected chi connectivity index (χ0v) is 11.3. The average molecular weight is 257 g/mol. The van der Waals surface area contributed by atoms with Gasteiger partial charge in [0, 0.05) is 32.7 Å². The summed E-state index contributed by atoms with van der Waals surface area (Å²) in [7, 11) is 0. The van der Waals surface area contributed by atoms with Crippen LogP contribution in [0.5, 0.6) is 0 Å². The molecular formula is C12H21N2O4. The van der Waals surface area contributed by atoms with Gasteiger partial charge in [0.2, 0.25) is 0 Å². The fourth-order valence-corrected chi connectivity index (χ4v) is 1.70. The van der Waals surface area contributed by atoms with Crippen LogP contribution in [0.25, 0.3) is 0 Å². The van der Waals surface area contributed by atoms with E-state index >= 15 is 0 Å². The predicted octanol–water partition coefficient (Wildman–Crippen LogP) is 0.623. The highest BCUT2D eigenvalue weighted by Crippen LogP contribution is 2.11. The van der Waals surface area contributed by atoms with Crippen molar-refractivity contribution in [1.82, 2.24) is 9.80 Å². The molecule has 1 heterocycles. The molecule has 6 heteroatoms. The molecule has 1 amide bonds. The topological polar surface area (TPSA) is 59.1 Å². The van der Waals surface area contributed by atoms with Crippen LogP contribution in [0.4, 0.5) is 4.79 Å². The van der Waals surface area contributed by atoms with Crippen molar-refractivity contribution in [2.75, 3.05) is 39.3 Å². The number of nitrogens with zero attached hydrogens (tertiary/aromatic N) is 2. The lowest BCUT2D eigenvalue weighted by atomic mass is 10.2. The van der Waals surface area contributed by atoms with Crippen LogP contribution in [0.15, 0.2) is 0 Å². The van der Waals surface area contributed by atoms with Crippen LogP contribution in [0.1, 0.15) is 20.8 Å². The van der Waals surface area contributed by atoms with Crippen LogP contribution in [0, 0.1) is 0 Å². The second-order valence-corrected chi connectivity index (χ2v) is 5.24. The Morgan fingerprint density at radius 2 is 1.83 bits per heavy atom. The summed E-state index contributed by atoms with van der Waals surface area (Å²) in [5, 5.41) is 0. The van der Waals surface area contributed by atoms with E-state index in [0.717, 1.165) is 13.1 Å². The largest absolute Gasteiger partial charge is 0.456 e. The highest BCUT2D eigenvalue weighted by molar-refractivity contribution is 5.68. The standard InChI is InChI=1S/C12H21N2O4/c1-12(2,3)18-11(16)14-6-4-13(5-7-14)8-9-17-10-15/h4-9H2,1-3H3. The smallest absolute Gasteiger partial charge is 0.417 e. The van der Waals surface area contributed by atoms with Gasteiger partial charge < -0.3 is 14.4 Å². The van der Waals surface area contributed by atoms with Gasteiger partial charge in [0.25, 0.3) is 0 Å². The number of ether oxygens (including phenoxy) is 2. The van der Waals surface area contributed by atoms with Gasteiger partial charge in [0.15, 0.2) is 0 Å². The summed E-state index contributed by atoms with van der Waals surface area (Å²) >= 11 is 0. The number of amides is 1. The van der Waals surface area contributed by atoms with E-state index in [1.54, 1.807) is 4.90 Å². The van der Waals surface area contributed by atoms with E-state index in [1.807, 2.05) is 20.8 Å². The molecule has 1 aliphatic heterocycles. The Bertz CT molecular complexity index is 280. The summed E-state index contributed by atoms with van der Waals surface area (Å²) in [6.07, 6.45) is -0.264. The van der Waals surface area contributed by atoms with Crippen molar-refractivity contribution in [2.45, 2.75) is 26.4 Å². The minimum absolute atomic E-state index is 0.264. The first-order valence-corrected chi connectivity index (χ1v) is 6.11. The van der Waals surface area contributed by atoms with E-state index < -0.39 is 5.60 Å². The third kappa shape index (κ3) is 5.35. The highest BCUT2D eigenvalue weighted by atomic mass is 16.6. The van der Waals surface area contributed by atoms with Crippen LogP contribution in [-0.4, -0.2) is 67.3 Å². The molecule has 0 spiro atoms. The number of hydrogen-bond acceptors (Lipinski definition) is 5. The molecule has 1 radical (unpaired) electrons. The zero-order chi connectivity index (χ0) is 13.6. The first-order valence-electron chi connectivity index (χ1n) is 6.11. The van der Waals surface area contributed by atoms with Gasteiger partial charge in [-0.1, -0.05) is 0 Å². The Hall–Kier alpha value is -1.30. The van der Waals surface area contributed by atoms with Crippen LogP contribution >= 0.6 is 0 Å². The molecule has 0 N–H and O–H groups in total. The molecule has 0 aliphatic carbocycles. The van der Waals surface area contributed by atoms with E-state index in [2.05, 4.69) is 9.64 Å². The molecule has 103 valence electrons. The van der Waals surface area contributed by atoms with Gasteiger partial charge in [-0.25, -0.2) is 9.59 Å². The molecule has 18 heavy (non-hydrogen) atoms. The fourth-order valence-electron chi connectivity index (χ4n) is 1.70. The first kappa shape index (κ1) is 14.8. The molecule has 1 aliphatic rings. The van der Waals surface area contributed by atoms with E-state index in [0.29, 0.717) is 26.2 Å². The van der Waals surface area contributed by atoms with Crippen molar-refractivity contribution in [3.05, 3.63) is 0 Å². The normalized spacial score (nSPS) is 17.4. The molecule has 0 aromatic carbocycles. The fraction of sp³-hybridized carbons (Fsp3) is 0.833. The molecule has 0 unspecified atom stereocenters. The van der Waals surface area contributed by atoms with Crippen molar-refractivity contribution in [1.29, 1.82) is 0 Å². The Balaban J connectivity index is 2.26. The maximum absolute atomic E-state index is 11.8. The van der Waals surface area contributed by atoms with E-state index in [1.165, 1.54) is 6.47 Å². The van der Waals surface area contributed by atoms with Crippen molar-refractivity contribution in [3.63, 3.8) is 0 Å². The lowest BCUT2D eigenvalue weighted by molar-refractivity contribution is 0.0135. The molecule has 6 nitrogen and oxygen atoms in total. The van der Waals surface area contributed by atoms with Gasteiger partial charge in [-0.05, 0) is 20.8 Å². The maximum atomic E-state index is 11.8. The highest BCUT2D eigenvalue weighted by Gasteiger charge is 2.25. The number of piperazine rings is 1. The number of hydrogen-bond donors (Lipinski definition) is 0. The van der Waals surface area contributed by atoms with Crippen molar-refractivity contribution in [3.8, 4) is 0 Å². The van der Waals surface area contributed by atoms with Gasteiger partial charge in [-0.2, -0.15) is 0 Å². The minimum atomic E-state index is -0.456. The van der Waals surface area contributed by atoms with E-state index in [9.17, 15) is 9.59 Å². The molecule has 0 aromatic rings. The zero-order valence-electron chi connectivity index (χ0n) is 11.3. The molecule has 0 saturated carbocycles. The lowest BCUT2D eigenvalue weighted by Crippen LogP contribution is -2.50. The Morgan fingerprint density at radius 3 is 2.33 bits per heavy atom. The number of carbonyl (C=O) groups excluding carboxylic acids is 2. The van der Waals surface area contributed by atoms with Gasteiger partial charge in [0.1, 0.15) is 12.2 Å². The summed E-state index contributed by atoms with van der Waals surface area (Å²) in [6, 6.07) is 0. The molecule has 1 fully saturated rings. The van der Waals surface area contributed by atoms with Crippen molar-refractivity contribution < 1.29 is 19.1 Å². The third-order valence-corrected chi connectivity index (χ3v) is 2.59. The van der Waals surface area contributed by atoms with Gasteiger partial charge >= 0.3 is 12.6 Å². The minimum Gasteiger partial charge on any atom is -0.456 e. The second-order valence-electron chi connectivity index (χ2n) is 5.24. The van der Waals surface area contributed by atoms with Crippen molar-refractivity contribution >= 4 is 12.6 Å². The Kier molecular flexibility index (Phi) is 5.40. The number of carbonyl (C=O) groups is 1. The lowest BCUT2D eigenvalue weighted by Gasteiger charge is -2.35. The van der Waals surface area contributed by atoms with Gasteiger partial charge in [0.05, 0.1) is 0 Å². The summed E-state index contributed by atoms with van der Waals surface area (Å²) in [6.45, 7) is 10.8. The van der Waals surface area contributed by atoms with Crippen LogP contribution in [0.2, 0.25) is 0 Å². The van der Waals surface area contributed by atoms with E-state index in [4.69, 9.17) is 4.74 Å². The second kappa shape index (κ2) is 6.58. The Labute approximate surface area is 108 Å². The summed E-state index contributed by atoms with van der Waals surface area (Å²) in [4.78, 5) is 25.5. The van der Waals surface area contributed by atoms with Crippen LogP contribution in [0.3, 0.4) is 0 Å². The number of rotatable bonds is 4. The third-order valence-electron chi connectivity index (χ3n) is 2.59. The molecular weight excluding hydrogens is 236 g/mol. The first-order chi connectivity index (χ1) is 8.42. The predicted molar refractivity (Wildman–Crippen MR) is 65.9 cm³/mol. The van der Waals surface area contributed by atoms with Crippen molar-refractivity contribution in [2.24, 2.45) is 0 Å². The molecule has 0 bridgehead atoms. The average Bonchev–Trinajstić information content (AvgIpc) is 2.28. The molecule has 1 saturated heterocycles. The summed E-state index contributed by atoms with van der Waals surface area (Å²) in [5.74, 6) is 0. The SMILES string of the molecule is CC(C)(C)OC(=O)N1CCN(CCO[C]=O)CC1. The quantitative estimate of drug-likeness (QED) is 0.691. The molecule has 1 rings (SSSR count). The van der Waals surface area contributed by atoms with Crippen LogP contribution in [-0.2, 0) is 14.3 Å². The Morgan fingerprint density at radius 1 is 1.22 bits per heavy atom. The summed E-state index contributed by atoms with van der Waals surface area (Å²) in [5.41, 5.74) is -0.456. The van der Waals surface area contributed by atoms with E-state index in [-0.39, 0.29) is 6.09 Å². The molecule has 0 aromatic heterocycles. The molecule has 0 atom stereocenters. The summed E-state index contributed by atoms with van der Waals surface area (Å²) < 4.78 is 9.83. The maximum Gasteiger partial charge on any atom is 0.417 e. The monoisotopic (exact) mass is 257 g/mol. The van der Waals surface area contributed by atoms with Crippen LogP contribution < -0.4 is 0 Å².